The van der Waals surface area contributed by atoms with E-state index >= 15 is 0 Å². The number of hydrogen-bond donors (Lipinski definition) is 1. The molecule has 3 aromatic rings. The smallest absolute Gasteiger partial charge is 0.272 e. The van der Waals surface area contributed by atoms with Gasteiger partial charge in [-0.15, -0.1) is 0 Å². The van der Waals surface area contributed by atoms with Crippen LogP contribution in [0.1, 0.15) is 5.76 Å². The molecule has 0 aliphatic rings. The number of aryl methyl sites for hydroxylation is 1. The molecule has 5 nitrogen and oxygen atoms in total. The molecule has 0 unspecified atom stereocenters. The van der Waals surface area contributed by atoms with Crippen LogP contribution in [0.2, 0.25) is 0 Å². The molecule has 0 spiro atoms. The van der Waals surface area contributed by atoms with Crippen LogP contribution in [0.15, 0.2) is 39.6 Å². The van der Waals surface area contributed by atoms with Gasteiger partial charge in [0.15, 0.2) is 0 Å². The molecule has 0 radical (unpaired) electrons. The molecule has 0 saturated carbocycles. The lowest BCUT2D eigenvalue weighted by atomic mass is 10.1. The molecule has 0 amide bonds. The number of fused-ring (bicyclic) bond motifs is 1. The maximum atomic E-state index is 11.6. The molecule has 84 valence electrons. The van der Waals surface area contributed by atoms with Crippen LogP contribution in [-0.4, -0.2) is 15.4 Å². The van der Waals surface area contributed by atoms with E-state index in [4.69, 9.17) is 4.52 Å². The van der Waals surface area contributed by atoms with Crippen molar-refractivity contribution < 1.29 is 4.52 Å². The van der Waals surface area contributed by atoms with Crippen LogP contribution in [0.5, 0.6) is 0 Å². The SMILES string of the molecule is Cc1cc(-c2n[nH]c(=O)c3ccccc23)no1. The molecule has 17 heavy (non-hydrogen) atoms. The highest BCUT2D eigenvalue weighted by molar-refractivity contribution is 5.92. The third kappa shape index (κ3) is 1.52. The van der Waals surface area contributed by atoms with Gasteiger partial charge in [-0.3, -0.25) is 4.79 Å². The molecule has 0 atom stereocenters. The van der Waals surface area contributed by atoms with E-state index in [0.717, 1.165) is 5.39 Å². The first-order valence-corrected chi connectivity index (χ1v) is 5.17. The first kappa shape index (κ1) is 9.77. The second-order valence-corrected chi connectivity index (χ2v) is 3.77. The van der Waals surface area contributed by atoms with Gasteiger partial charge in [-0.1, -0.05) is 23.4 Å². The summed E-state index contributed by atoms with van der Waals surface area (Å²) in [6, 6.07) is 9.06. The van der Waals surface area contributed by atoms with Crippen LogP contribution in [0, 0.1) is 6.92 Å². The van der Waals surface area contributed by atoms with Gasteiger partial charge >= 0.3 is 0 Å². The average molecular weight is 227 g/mol. The second kappa shape index (κ2) is 3.55. The zero-order chi connectivity index (χ0) is 11.8. The summed E-state index contributed by atoms with van der Waals surface area (Å²) < 4.78 is 5.02. The van der Waals surface area contributed by atoms with Gasteiger partial charge in [-0.25, -0.2) is 5.10 Å². The minimum Gasteiger partial charge on any atom is -0.361 e. The van der Waals surface area contributed by atoms with Crippen LogP contribution in [0.4, 0.5) is 0 Å². The van der Waals surface area contributed by atoms with Gasteiger partial charge in [0.2, 0.25) is 0 Å². The summed E-state index contributed by atoms with van der Waals surface area (Å²) in [6.07, 6.45) is 0. The van der Waals surface area contributed by atoms with Crippen LogP contribution < -0.4 is 5.56 Å². The Hall–Kier alpha value is -2.43. The second-order valence-electron chi connectivity index (χ2n) is 3.77. The summed E-state index contributed by atoms with van der Waals surface area (Å²) in [5.74, 6) is 0.706. The van der Waals surface area contributed by atoms with Crippen molar-refractivity contribution in [1.82, 2.24) is 15.4 Å². The highest BCUT2D eigenvalue weighted by atomic mass is 16.5. The monoisotopic (exact) mass is 227 g/mol. The summed E-state index contributed by atoms with van der Waals surface area (Å²) in [4.78, 5) is 11.6. The molecule has 0 bridgehead atoms. The van der Waals surface area contributed by atoms with E-state index in [1.54, 1.807) is 12.1 Å². The molecule has 1 aromatic carbocycles. The quantitative estimate of drug-likeness (QED) is 0.689. The van der Waals surface area contributed by atoms with E-state index in [1.807, 2.05) is 25.1 Å². The largest absolute Gasteiger partial charge is 0.361 e. The van der Waals surface area contributed by atoms with Gasteiger partial charge in [0.1, 0.15) is 17.1 Å². The first-order valence-electron chi connectivity index (χ1n) is 5.17. The minimum absolute atomic E-state index is 0.204. The fourth-order valence-electron chi connectivity index (χ4n) is 1.79. The van der Waals surface area contributed by atoms with Crippen molar-refractivity contribution in [2.24, 2.45) is 0 Å². The molecule has 0 fully saturated rings. The number of aromatic nitrogens is 3. The Morgan fingerprint density at radius 1 is 1.24 bits per heavy atom. The molecular weight excluding hydrogens is 218 g/mol. The Morgan fingerprint density at radius 2 is 2.00 bits per heavy atom. The Morgan fingerprint density at radius 3 is 2.71 bits per heavy atom. The van der Waals surface area contributed by atoms with Crippen LogP contribution in [0.3, 0.4) is 0 Å². The lowest BCUT2D eigenvalue weighted by Gasteiger charge is -2.00. The molecule has 5 heteroatoms. The predicted molar refractivity (Wildman–Crippen MR) is 62.6 cm³/mol. The molecule has 0 aliphatic heterocycles. The van der Waals surface area contributed by atoms with Crippen LogP contribution in [0.25, 0.3) is 22.2 Å². The fourth-order valence-corrected chi connectivity index (χ4v) is 1.79. The summed E-state index contributed by atoms with van der Waals surface area (Å²) >= 11 is 0. The number of nitrogens with zero attached hydrogens (tertiary/aromatic N) is 2. The lowest BCUT2D eigenvalue weighted by molar-refractivity contribution is 0.399. The predicted octanol–water partition coefficient (Wildman–Crippen LogP) is 1.89. The van der Waals surface area contributed by atoms with E-state index in [-0.39, 0.29) is 5.56 Å². The van der Waals surface area contributed by atoms with Gasteiger partial charge < -0.3 is 4.52 Å². The van der Waals surface area contributed by atoms with E-state index in [1.165, 1.54) is 0 Å². The number of benzene rings is 1. The van der Waals surface area contributed by atoms with Gasteiger partial charge in [0.05, 0.1) is 5.39 Å². The average Bonchev–Trinajstić information content (AvgIpc) is 2.77. The maximum Gasteiger partial charge on any atom is 0.272 e. The number of H-pyrrole nitrogens is 1. The Balaban J connectivity index is 2.38. The summed E-state index contributed by atoms with van der Waals surface area (Å²) in [6.45, 7) is 1.81. The Bertz CT molecular complexity index is 743. The number of rotatable bonds is 1. The zero-order valence-corrected chi connectivity index (χ0v) is 9.10. The molecular formula is C12H9N3O2. The van der Waals surface area contributed by atoms with Crippen LogP contribution >= 0.6 is 0 Å². The summed E-state index contributed by atoms with van der Waals surface area (Å²) in [5.41, 5.74) is 1.04. The van der Waals surface area contributed by atoms with Crippen LogP contribution in [-0.2, 0) is 0 Å². The van der Waals surface area contributed by atoms with Gasteiger partial charge in [0.25, 0.3) is 5.56 Å². The molecule has 3 rings (SSSR count). The minimum atomic E-state index is -0.204. The number of aromatic amines is 1. The third-order valence-electron chi connectivity index (χ3n) is 2.57. The molecule has 2 heterocycles. The summed E-state index contributed by atoms with van der Waals surface area (Å²) in [5, 5.41) is 11.8. The van der Waals surface area contributed by atoms with E-state index in [0.29, 0.717) is 22.5 Å². The number of nitrogens with one attached hydrogen (secondary N) is 1. The molecule has 0 aliphatic carbocycles. The van der Waals surface area contributed by atoms with E-state index in [9.17, 15) is 4.79 Å². The van der Waals surface area contributed by atoms with Crippen molar-refractivity contribution in [3.05, 3.63) is 46.4 Å². The lowest BCUT2D eigenvalue weighted by Crippen LogP contribution is -2.09. The molecule has 1 N–H and O–H groups in total. The zero-order valence-electron chi connectivity index (χ0n) is 9.10. The van der Waals surface area contributed by atoms with Crippen molar-refractivity contribution in [2.75, 3.05) is 0 Å². The highest BCUT2D eigenvalue weighted by Crippen LogP contribution is 2.23. The molecule has 0 saturated heterocycles. The number of hydrogen-bond acceptors (Lipinski definition) is 4. The van der Waals surface area contributed by atoms with Crippen molar-refractivity contribution in [3.63, 3.8) is 0 Å². The molecule has 2 aromatic heterocycles. The van der Waals surface area contributed by atoms with E-state index in [2.05, 4.69) is 15.4 Å². The van der Waals surface area contributed by atoms with Crippen molar-refractivity contribution in [1.29, 1.82) is 0 Å². The van der Waals surface area contributed by atoms with Crippen molar-refractivity contribution >= 4 is 10.8 Å². The third-order valence-corrected chi connectivity index (χ3v) is 2.57. The van der Waals surface area contributed by atoms with E-state index < -0.39 is 0 Å². The topological polar surface area (TPSA) is 71.8 Å². The standard InChI is InChI=1S/C12H9N3O2/c1-7-6-10(15-17-7)11-8-4-2-3-5-9(8)12(16)14-13-11/h2-6H,1H3,(H,14,16). The fraction of sp³-hybridized carbons (Fsp3) is 0.0833. The Labute approximate surface area is 96.1 Å². The van der Waals surface area contributed by atoms with Gasteiger partial charge in [-0.05, 0) is 13.0 Å². The first-order chi connectivity index (χ1) is 8.25. The highest BCUT2D eigenvalue weighted by Gasteiger charge is 2.11. The maximum absolute atomic E-state index is 11.6. The van der Waals surface area contributed by atoms with Crippen molar-refractivity contribution in [3.8, 4) is 11.4 Å². The Kier molecular flexibility index (Phi) is 2.04. The van der Waals surface area contributed by atoms with Crippen molar-refractivity contribution in [2.45, 2.75) is 6.92 Å². The normalized spacial score (nSPS) is 10.9. The van der Waals surface area contributed by atoms with Gasteiger partial charge in [-0.2, -0.15) is 5.10 Å². The van der Waals surface area contributed by atoms with Gasteiger partial charge in [0, 0.05) is 11.5 Å². The summed E-state index contributed by atoms with van der Waals surface area (Å²) in [7, 11) is 0.